The lowest BCUT2D eigenvalue weighted by Crippen LogP contribution is -2.43. The number of hydrogen-bond acceptors (Lipinski definition) is 5. The van der Waals surface area contributed by atoms with Gasteiger partial charge < -0.3 is 14.7 Å². The summed E-state index contributed by atoms with van der Waals surface area (Å²) >= 11 is 5.83. The van der Waals surface area contributed by atoms with Gasteiger partial charge in [0.1, 0.15) is 0 Å². The van der Waals surface area contributed by atoms with Gasteiger partial charge in [-0.3, -0.25) is 4.90 Å². The molecule has 1 aliphatic rings. The average molecular weight is 498 g/mol. The third-order valence-corrected chi connectivity index (χ3v) is 6.99. The molecule has 0 saturated carbocycles. The molecule has 0 atom stereocenters. The van der Waals surface area contributed by atoms with Gasteiger partial charge in [-0.1, -0.05) is 84.0 Å². The second-order valence-corrected chi connectivity index (χ2v) is 9.45. The van der Waals surface area contributed by atoms with Crippen molar-refractivity contribution in [3.8, 4) is 11.5 Å². The SMILES string of the molecule is S=C(NCC(c1ccccc1)c1ccccc1)N1CCCN(Cc2noc(-c3ccccc3)n2)CC1. The molecular weight excluding hydrogens is 466 g/mol. The molecule has 184 valence electrons. The Hall–Kier alpha value is -3.55. The Morgan fingerprint density at radius 1 is 0.833 bits per heavy atom. The topological polar surface area (TPSA) is 57.4 Å². The lowest BCUT2D eigenvalue weighted by molar-refractivity contribution is 0.266. The largest absolute Gasteiger partial charge is 0.362 e. The van der Waals surface area contributed by atoms with E-state index in [9.17, 15) is 0 Å². The van der Waals surface area contributed by atoms with Crippen LogP contribution in [0.4, 0.5) is 0 Å². The summed E-state index contributed by atoms with van der Waals surface area (Å²) in [4.78, 5) is 9.25. The summed E-state index contributed by atoms with van der Waals surface area (Å²) in [5.41, 5.74) is 3.52. The maximum Gasteiger partial charge on any atom is 0.257 e. The number of aromatic nitrogens is 2. The average Bonchev–Trinajstić information content (AvgIpc) is 3.28. The first-order chi connectivity index (χ1) is 17.8. The van der Waals surface area contributed by atoms with Gasteiger partial charge in [0.2, 0.25) is 0 Å². The van der Waals surface area contributed by atoms with Gasteiger partial charge in [-0.2, -0.15) is 4.98 Å². The molecule has 1 aliphatic heterocycles. The Morgan fingerprint density at radius 3 is 2.14 bits per heavy atom. The van der Waals surface area contributed by atoms with Crippen LogP contribution in [0.25, 0.3) is 11.5 Å². The van der Waals surface area contributed by atoms with Gasteiger partial charge in [0.15, 0.2) is 10.9 Å². The minimum Gasteiger partial charge on any atom is -0.362 e. The van der Waals surface area contributed by atoms with Crippen LogP contribution < -0.4 is 5.32 Å². The highest BCUT2D eigenvalue weighted by Crippen LogP contribution is 2.24. The fourth-order valence-corrected chi connectivity index (χ4v) is 4.91. The lowest BCUT2D eigenvalue weighted by atomic mass is 9.91. The first-order valence-electron chi connectivity index (χ1n) is 12.5. The van der Waals surface area contributed by atoms with Crippen LogP contribution in [-0.4, -0.2) is 57.8 Å². The summed E-state index contributed by atoms with van der Waals surface area (Å²) in [6, 6.07) is 31.1. The third kappa shape index (κ3) is 6.17. The Bertz CT molecular complexity index is 1190. The van der Waals surface area contributed by atoms with Crippen LogP contribution >= 0.6 is 12.2 Å². The van der Waals surface area contributed by atoms with Crippen LogP contribution in [0.3, 0.4) is 0 Å². The van der Waals surface area contributed by atoms with Gasteiger partial charge >= 0.3 is 0 Å². The molecule has 3 aromatic carbocycles. The van der Waals surface area contributed by atoms with E-state index >= 15 is 0 Å². The van der Waals surface area contributed by atoms with Crippen molar-refractivity contribution in [1.29, 1.82) is 0 Å². The molecule has 1 N–H and O–H groups in total. The van der Waals surface area contributed by atoms with E-state index in [1.807, 2.05) is 30.3 Å². The van der Waals surface area contributed by atoms with Crippen LogP contribution in [0.5, 0.6) is 0 Å². The predicted octanol–water partition coefficient (Wildman–Crippen LogP) is 4.95. The lowest BCUT2D eigenvalue weighted by Gasteiger charge is -2.26. The van der Waals surface area contributed by atoms with E-state index < -0.39 is 0 Å². The van der Waals surface area contributed by atoms with Crippen LogP contribution in [0, 0.1) is 0 Å². The number of thiocarbonyl (C=S) groups is 1. The predicted molar refractivity (Wildman–Crippen MR) is 147 cm³/mol. The molecule has 7 heteroatoms. The van der Waals surface area contributed by atoms with Crippen molar-refractivity contribution < 1.29 is 4.52 Å². The molecule has 6 nitrogen and oxygen atoms in total. The minimum absolute atomic E-state index is 0.242. The molecule has 4 aromatic rings. The number of benzene rings is 3. The second-order valence-electron chi connectivity index (χ2n) is 9.06. The highest BCUT2D eigenvalue weighted by molar-refractivity contribution is 7.80. The van der Waals surface area contributed by atoms with Crippen LogP contribution in [-0.2, 0) is 6.54 Å². The fourth-order valence-electron chi connectivity index (χ4n) is 4.65. The molecule has 0 spiro atoms. The Kier molecular flexibility index (Phi) is 8.00. The quantitative estimate of drug-likeness (QED) is 0.363. The van der Waals surface area contributed by atoms with Gasteiger partial charge in [0.05, 0.1) is 6.54 Å². The molecule has 0 amide bonds. The summed E-state index contributed by atoms with van der Waals surface area (Å²) in [6.07, 6.45) is 1.03. The maximum atomic E-state index is 5.83. The first kappa shape index (κ1) is 24.2. The molecule has 1 fully saturated rings. The van der Waals surface area contributed by atoms with Gasteiger partial charge in [-0.05, 0) is 41.9 Å². The Labute approximate surface area is 217 Å². The van der Waals surface area contributed by atoms with E-state index in [-0.39, 0.29) is 5.92 Å². The standard InChI is InChI=1S/C29H31N5OS/c36-29(30-21-26(23-11-4-1-5-12-23)24-13-6-2-7-14-24)34-18-10-17-33(19-20-34)22-27-31-28(35-32-27)25-15-8-3-9-16-25/h1-9,11-16,26H,10,17-22H2,(H,30,36). The number of hydrogen-bond donors (Lipinski definition) is 1. The van der Waals surface area contributed by atoms with E-state index in [1.54, 1.807) is 0 Å². The monoisotopic (exact) mass is 497 g/mol. The first-order valence-corrected chi connectivity index (χ1v) is 12.9. The number of nitrogens with zero attached hydrogens (tertiary/aromatic N) is 4. The van der Waals surface area contributed by atoms with Crippen molar-refractivity contribution in [1.82, 2.24) is 25.3 Å². The summed E-state index contributed by atoms with van der Waals surface area (Å²) in [5, 5.41) is 8.58. The smallest absolute Gasteiger partial charge is 0.257 e. The van der Waals surface area contributed by atoms with Gasteiger partial charge in [-0.25, -0.2) is 0 Å². The van der Waals surface area contributed by atoms with Crippen molar-refractivity contribution in [2.75, 3.05) is 32.7 Å². The molecule has 0 bridgehead atoms. The highest BCUT2D eigenvalue weighted by Gasteiger charge is 2.20. The van der Waals surface area contributed by atoms with Crippen molar-refractivity contribution in [2.24, 2.45) is 0 Å². The Balaban J connectivity index is 1.16. The summed E-state index contributed by atoms with van der Waals surface area (Å²) in [5.74, 6) is 1.53. The van der Waals surface area contributed by atoms with Crippen molar-refractivity contribution >= 4 is 17.3 Å². The molecule has 1 saturated heterocycles. The van der Waals surface area contributed by atoms with E-state index in [0.717, 1.165) is 55.6 Å². The molecule has 1 aromatic heterocycles. The van der Waals surface area contributed by atoms with E-state index in [0.29, 0.717) is 12.4 Å². The summed E-state index contributed by atoms with van der Waals surface area (Å²) in [6.45, 7) is 5.12. The molecule has 0 aliphatic carbocycles. The fraction of sp³-hybridized carbons (Fsp3) is 0.276. The van der Waals surface area contributed by atoms with E-state index in [2.05, 4.69) is 85.9 Å². The van der Waals surface area contributed by atoms with Gasteiger partial charge in [0, 0.05) is 44.2 Å². The number of nitrogens with one attached hydrogen (secondary N) is 1. The summed E-state index contributed by atoms with van der Waals surface area (Å²) < 4.78 is 5.48. The minimum atomic E-state index is 0.242. The van der Waals surface area contributed by atoms with Crippen LogP contribution in [0.1, 0.15) is 29.3 Å². The second kappa shape index (κ2) is 11.9. The highest BCUT2D eigenvalue weighted by atomic mass is 32.1. The number of rotatable bonds is 7. The molecule has 0 unspecified atom stereocenters. The van der Waals surface area contributed by atoms with Crippen molar-refractivity contribution in [3.63, 3.8) is 0 Å². The molecule has 0 radical (unpaired) electrons. The zero-order valence-electron chi connectivity index (χ0n) is 20.3. The van der Waals surface area contributed by atoms with Gasteiger partial charge in [-0.15, -0.1) is 0 Å². The van der Waals surface area contributed by atoms with Gasteiger partial charge in [0.25, 0.3) is 5.89 Å². The van der Waals surface area contributed by atoms with Crippen LogP contribution in [0.15, 0.2) is 95.5 Å². The molecule has 5 rings (SSSR count). The molecule has 36 heavy (non-hydrogen) atoms. The maximum absolute atomic E-state index is 5.83. The van der Waals surface area contributed by atoms with Crippen molar-refractivity contribution in [2.45, 2.75) is 18.9 Å². The van der Waals surface area contributed by atoms with E-state index in [1.165, 1.54) is 11.1 Å². The van der Waals surface area contributed by atoms with Crippen LogP contribution in [0.2, 0.25) is 0 Å². The molecular formula is C29H31N5OS. The van der Waals surface area contributed by atoms with E-state index in [4.69, 9.17) is 16.7 Å². The molecule has 2 heterocycles. The zero-order chi connectivity index (χ0) is 24.6. The zero-order valence-corrected chi connectivity index (χ0v) is 21.1. The van der Waals surface area contributed by atoms with Crippen molar-refractivity contribution in [3.05, 3.63) is 108 Å². The summed E-state index contributed by atoms with van der Waals surface area (Å²) in [7, 11) is 0. The Morgan fingerprint density at radius 2 is 1.47 bits per heavy atom. The third-order valence-electron chi connectivity index (χ3n) is 6.59. The normalized spacial score (nSPS) is 14.5.